The molecule has 1 N–H and O–H groups in total. The zero-order valence-corrected chi connectivity index (χ0v) is 10.7. The zero-order chi connectivity index (χ0) is 12.8. The molecule has 1 rings (SSSR count). The van der Waals surface area contributed by atoms with Crippen molar-refractivity contribution in [2.45, 2.75) is 39.5 Å². The maximum absolute atomic E-state index is 10.9. The highest BCUT2D eigenvalue weighted by Gasteiger charge is 2.11. The van der Waals surface area contributed by atoms with Gasteiger partial charge in [0.25, 0.3) is 0 Å². The molecule has 1 aliphatic rings. The van der Waals surface area contributed by atoms with Gasteiger partial charge in [0.1, 0.15) is 0 Å². The Morgan fingerprint density at radius 2 is 2.12 bits per heavy atom. The smallest absolute Gasteiger partial charge is 0.333 e. The van der Waals surface area contributed by atoms with Crippen LogP contribution >= 0.6 is 0 Å². The summed E-state index contributed by atoms with van der Waals surface area (Å²) in [4.78, 5) is 10.9. The van der Waals surface area contributed by atoms with E-state index in [1.807, 2.05) is 19.9 Å². The molecule has 0 aromatic rings. The molecule has 3 heteroatoms. The summed E-state index contributed by atoms with van der Waals surface area (Å²) < 4.78 is 4.58. The number of allylic oxidation sites excluding steroid dienone is 1. The molecule has 0 aliphatic heterocycles. The van der Waals surface area contributed by atoms with E-state index in [9.17, 15) is 4.79 Å². The van der Waals surface area contributed by atoms with Crippen molar-refractivity contribution in [2.75, 3.05) is 13.7 Å². The Kier molecular flexibility index (Phi) is 15.0. The fourth-order valence-electron chi connectivity index (χ4n) is 1.15. The van der Waals surface area contributed by atoms with Gasteiger partial charge in [0.15, 0.2) is 0 Å². The highest BCUT2D eigenvalue weighted by Crippen LogP contribution is 2.17. The standard InChI is InChI=1S/C8H12O2.C3H6O.C2H6/c1-10-8(9)7-5-3-2-4-6-7;1-2-3-4;1-2/h5H,2-4,6H2,1H3;2,4H,1,3H2;1-2H3. The summed E-state index contributed by atoms with van der Waals surface area (Å²) in [6, 6.07) is 0. The number of hydrogen-bond acceptors (Lipinski definition) is 3. The molecular weight excluding hydrogens is 204 g/mol. The Hall–Kier alpha value is -1.09. The van der Waals surface area contributed by atoms with Crippen molar-refractivity contribution in [3.8, 4) is 0 Å². The second kappa shape index (κ2) is 13.9. The molecule has 0 fully saturated rings. The Bertz CT molecular complexity index is 207. The predicted molar refractivity (Wildman–Crippen MR) is 67.2 cm³/mol. The van der Waals surface area contributed by atoms with E-state index in [2.05, 4.69) is 11.3 Å². The van der Waals surface area contributed by atoms with Crippen LogP contribution in [0, 0.1) is 0 Å². The van der Waals surface area contributed by atoms with Crippen LogP contribution in [0.5, 0.6) is 0 Å². The number of aliphatic hydroxyl groups excluding tert-OH is 1. The van der Waals surface area contributed by atoms with Gasteiger partial charge in [-0.1, -0.05) is 26.0 Å². The summed E-state index contributed by atoms with van der Waals surface area (Å²) in [5.74, 6) is -0.153. The average Bonchev–Trinajstić information content (AvgIpc) is 2.41. The van der Waals surface area contributed by atoms with Gasteiger partial charge in [0, 0.05) is 5.57 Å². The maximum Gasteiger partial charge on any atom is 0.333 e. The largest absolute Gasteiger partial charge is 0.466 e. The fraction of sp³-hybridized carbons (Fsp3) is 0.615. The van der Waals surface area contributed by atoms with Gasteiger partial charge in [0.05, 0.1) is 13.7 Å². The number of esters is 1. The normalized spacial score (nSPS) is 13.1. The molecule has 0 heterocycles. The molecule has 0 saturated heterocycles. The van der Waals surface area contributed by atoms with E-state index in [0.29, 0.717) is 0 Å². The van der Waals surface area contributed by atoms with Gasteiger partial charge in [0.2, 0.25) is 0 Å². The SMILES string of the molecule is C=CCO.CC.COC(=O)C1=CCCCC1. The minimum Gasteiger partial charge on any atom is -0.466 e. The third-order valence-corrected chi connectivity index (χ3v) is 1.87. The van der Waals surface area contributed by atoms with Crippen LogP contribution in [-0.2, 0) is 9.53 Å². The number of methoxy groups -OCH3 is 1. The van der Waals surface area contributed by atoms with E-state index in [1.165, 1.54) is 19.6 Å². The third-order valence-electron chi connectivity index (χ3n) is 1.87. The van der Waals surface area contributed by atoms with Crippen LogP contribution in [0.15, 0.2) is 24.3 Å². The first-order chi connectivity index (χ1) is 7.76. The van der Waals surface area contributed by atoms with E-state index in [1.54, 1.807) is 0 Å². The molecule has 0 aromatic carbocycles. The van der Waals surface area contributed by atoms with Crippen molar-refractivity contribution in [3.63, 3.8) is 0 Å². The van der Waals surface area contributed by atoms with Crippen molar-refractivity contribution in [3.05, 3.63) is 24.3 Å². The van der Waals surface area contributed by atoms with Gasteiger partial charge in [-0.2, -0.15) is 0 Å². The summed E-state index contributed by atoms with van der Waals surface area (Å²) in [5, 5.41) is 7.76. The molecule has 0 radical (unpaired) electrons. The van der Waals surface area contributed by atoms with Crippen molar-refractivity contribution < 1.29 is 14.6 Å². The van der Waals surface area contributed by atoms with E-state index < -0.39 is 0 Å². The minimum absolute atomic E-state index is 0.0833. The molecule has 0 amide bonds. The van der Waals surface area contributed by atoms with Gasteiger partial charge >= 0.3 is 5.97 Å². The number of hydrogen-bond donors (Lipinski definition) is 1. The quantitative estimate of drug-likeness (QED) is 0.584. The molecular formula is C13H24O3. The maximum atomic E-state index is 10.9. The first-order valence-electron chi connectivity index (χ1n) is 5.75. The van der Waals surface area contributed by atoms with Crippen molar-refractivity contribution in [2.24, 2.45) is 0 Å². The third kappa shape index (κ3) is 9.46. The fourth-order valence-corrected chi connectivity index (χ4v) is 1.15. The number of aliphatic hydroxyl groups is 1. The Morgan fingerprint density at radius 3 is 2.44 bits per heavy atom. The first kappa shape index (κ1) is 17.3. The lowest BCUT2D eigenvalue weighted by Gasteiger charge is -2.09. The van der Waals surface area contributed by atoms with Crippen molar-refractivity contribution in [1.82, 2.24) is 0 Å². The summed E-state index contributed by atoms with van der Waals surface area (Å²) >= 11 is 0. The van der Waals surface area contributed by atoms with Crippen LogP contribution in [-0.4, -0.2) is 24.8 Å². The Balaban J connectivity index is 0. The number of ether oxygens (including phenoxy) is 1. The van der Waals surface area contributed by atoms with Gasteiger partial charge in [-0.15, -0.1) is 6.58 Å². The summed E-state index contributed by atoms with van der Waals surface area (Å²) in [7, 11) is 1.43. The zero-order valence-electron chi connectivity index (χ0n) is 10.7. The van der Waals surface area contributed by atoms with Crippen LogP contribution in [0.1, 0.15) is 39.5 Å². The lowest BCUT2D eigenvalue weighted by molar-refractivity contribution is -0.136. The lowest BCUT2D eigenvalue weighted by Crippen LogP contribution is -2.06. The number of rotatable bonds is 2. The molecule has 1 aliphatic carbocycles. The van der Waals surface area contributed by atoms with Gasteiger partial charge < -0.3 is 9.84 Å². The van der Waals surface area contributed by atoms with Crippen molar-refractivity contribution >= 4 is 5.97 Å². The van der Waals surface area contributed by atoms with Crippen LogP contribution in [0.25, 0.3) is 0 Å². The van der Waals surface area contributed by atoms with Crippen molar-refractivity contribution in [1.29, 1.82) is 0 Å². The molecule has 3 nitrogen and oxygen atoms in total. The molecule has 0 unspecified atom stereocenters. The van der Waals surface area contributed by atoms with Gasteiger partial charge in [-0.05, 0) is 25.7 Å². The molecule has 16 heavy (non-hydrogen) atoms. The second-order valence-electron chi connectivity index (χ2n) is 2.94. The summed E-state index contributed by atoms with van der Waals surface area (Å²) in [5.41, 5.74) is 0.855. The van der Waals surface area contributed by atoms with E-state index in [4.69, 9.17) is 5.11 Å². The molecule has 0 atom stereocenters. The van der Waals surface area contributed by atoms with Crippen LogP contribution in [0.4, 0.5) is 0 Å². The van der Waals surface area contributed by atoms with E-state index in [0.717, 1.165) is 24.8 Å². The van der Waals surface area contributed by atoms with Crippen LogP contribution in [0.2, 0.25) is 0 Å². The van der Waals surface area contributed by atoms with Crippen LogP contribution in [0.3, 0.4) is 0 Å². The monoisotopic (exact) mass is 228 g/mol. The molecule has 0 spiro atoms. The summed E-state index contributed by atoms with van der Waals surface area (Å²) in [6.45, 7) is 7.31. The molecule has 0 bridgehead atoms. The average molecular weight is 228 g/mol. The van der Waals surface area contributed by atoms with Crippen LogP contribution < -0.4 is 0 Å². The Morgan fingerprint density at radius 1 is 1.56 bits per heavy atom. The minimum atomic E-state index is -0.153. The number of carbonyl (C=O) groups is 1. The van der Waals surface area contributed by atoms with Gasteiger partial charge in [-0.25, -0.2) is 4.79 Å². The topological polar surface area (TPSA) is 46.5 Å². The number of carbonyl (C=O) groups excluding carboxylic acids is 1. The highest BCUT2D eigenvalue weighted by atomic mass is 16.5. The Labute approximate surface area is 98.8 Å². The molecule has 94 valence electrons. The van der Waals surface area contributed by atoms with E-state index in [-0.39, 0.29) is 12.6 Å². The molecule has 0 aromatic heterocycles. The lowest BCUT2D eigenvalue weighted by atomic mass is 10.00. The highest BCUT2D eigenvalue weighted by molar-refractivity contribution is 5.88. The van der Waals surface area contributed by atoms with E-state index >= 15 is 0 Å². The predicted octanol–water partition coefficient (Wildman–Crippen LogP) is 2.85. The first-order valence-corrected chi connectivity index (χ1v) is 5.75. The second-order valence-corrected chi connectivity index (χ2v) is 2.94. The molecule has 0 saturated carbocycles. The van der Waals surface area contributed by atoms with Gasteiger partial charge in [-0.3, -0.25) is 0 Å². The summed E-state index contributed by atoms with van der Waals surface area (Å²) in [6.07, 6.45) is 7.67.